The van der Waals surface area contributed by atoms with Gasteiger partial charge >= 0.3 is 0 Å². The van der Waals surface area contributed by atoms with E-state index in [-0.39, 0.29) is 11.7 Å². The Morgan fingerprint density at radius 1 is 0.947 bits per heavy atom. The Morgan fingerprint density at radius 2 is 1.68 bits per heavy atom. The van der Waals surface area contributed by atoms with E-state index in [0.717, 1.165) is 24.5 Å². The number of benzene rings is 2. The van der Waals surface area contributed by atoms with E-state index in [0.29, 0.717) is 5.92 Å². The zero-order chi connectivity index (χ0) is 13.2. The largest absolute Gasteiger partial charge is 0.376 e. The highest BCUT2D eigenvalue weighted by molar-refractivity contribution is 5.47. The zero-order valence-electron chi connectivity index (χ0n) is 10.4. The first-order valence-corrected chi connectivity index (χ1v) is 6.51. The summed E-state index contributed by atoms with van der Waals surface area (Å²) in [5.74, 6) is -1.11. The van der Waals surface area contributed by atoms with Crippen LogP contribution in [0.3, 0.4) is 0 Å². The maximum Gasteiger partial charge on any atom is 0.181 e. The first kappa shape index (κ1) is 12.2. The van der Waals surface area contributed by atoms with Gasteiger partial charge in [0.25, 0.3) is 0 Å². The van der Waals surface area contributed by atoms with Crippen molar-refractivity contribution in [1.82, 2.24) is 0 Å². The van der Waals surface area contributed by atoms with Crippen LogP contribution in [0, 0.1) is 17.6 Å². The highest BCUT2D eigenvalue weighted by Gasteiger charge is 2.32. The quantitative estimate of drug-likeness (QED) is 0.850. The molecule has 3 heteroatoms. The fraction of sp³-hybridized carbons (Fsp3) is 0.250. The Labute approximate surface area is 111 Å². The lowest BCUT2D eigenvalue weighted by atomic mass is 10.0. The van der Waals surface area contributed by atoms with Gasteiger partial charge in [0.1, 0.15) is 0 Å². The van der Waals surface area contributed by atoms with E-state index in [1.165, 1.54) is 6.07 Å². The molecule has 0 saturated heterocycles. The molecule has 3 rings (SSSR count). The van der Waals surface area contributed by atoms with E-state index in [2.05, 4.69) is 5.32 Å². The Bertz CT molecular complexity index is 564. The molecule has 0 aliphatic heterocycles. The summed E-state index contributed by atoms with van der Waals surface area (Å²) in [5.41, 5.74) is 1.36. The van der Waals surface area contributed by atoms with Gasteiger partial charge in [-0.1, -0.05) is 36.4 Å². The molecule has 0 bridgehead atoms. The second-order valence-corrected chi connectivity index (χ2v) is 4.97. The van der Waals surface area contributed by atoms with Crippen LogP contribution in [-0.2, 0) is 0 Å². The highest BCUT2D eigenvalue weighted by Crippen LogP contribution is 2.43. The number of anilines is 1. The summed E-state index contributed by atoms with van der Waals surface area (Å²) in [6.45, 7) is 0. The van der Waals surface area contributed by atoms with E-state index in [4.69, 9.17) is 0 Å². The first-order chi connectivity index (χ1) is 9.25. The van der Waals surface area contributed by atoms with Gasteiger partial charge in [-0.3, -0.25) is 0 Å². The topological polar surface area (TPSA) is 12.0 Å². The van der Waals surface area contributed by atoms with Crippen molar-refractivity contribution in [2.24, 2.45) is 5.92 Å². The standard InChI is InChI=1S/C16H15F2N/c17-13-7-4-8-14(15(13)18)19-16(12-9-10-12)11-5-2-1-3-6-11/h1-8,12,16,19H,9-10H2. The highest BCUT2D eigenvalue weighted by atomic mass is 19.2. The Hall–Kier alpha value is -1.90. The molecule has 0 spiro atoms. The van der Waals surface area contributed by atoms with E-state index >= 15 is 0 Å². The number of rotatable bonds is 4. The lowest BCUT2D eigenvalue weighted by molar-refractivity contribution is 0.508. The van der Waals surface area contributed by atoms with E-state index in [1.807, 2.05) is 30.3 Å². The average molecular weight is 259 g/mol. The molecule has 98 valence electrons. The van der Waals surface area contributed by atoms with Crippen LogP contribution in [0.2, 0.25) is 0 Å². The van der Waals surface area contributed by atoms with E-state index in [1.54, 1.807) is 6.07 Å². The van der Waals surface area contributed by atoms with E-state index in [9.17, 15) is 8.78 Å². The molecule has 1 saturated carbocycles. The fourth-order valence-electron chi connectivity index (χ4n) is 2.35. The predicted octanol–water partition coefficient (Wildman–Crippen LogP) is 4.53. The number of nitrogens with one attached hydrogen (secondary N) is 1. The van der Waals surface area contributed by atoms with Crippen molar-refractivity contribution in [3.8, 4) is 0 Å². The summed E-state index contributed by atoms with van der Waals surface area (Å²) in [6.07, 6.45) is 2.26. The summed E-state index contributed by atoms with van der Waals surface area (Å²) >= 11 is 0. The van der Waals surface area contributed by atoms with Gasteiger partial charge in [-0.15, -0.1) is 0 Å². The van der Waals surface area contributed by atoms with E-state index < -0.39 is 11.6 Å². The lowest BCUT2D eigenvalue weighted by Crippen LogP contribution is -2.14. The number of hydrogen-bond acceptors (Lipinski definition) is 1. The van der Waals surface area contributed by atoms with Crippen LogP contribution in [0.1, 0.15) is 24.4 Å². The maximum absolute atomic E-state index is 13.7. The molecule has 1 fully saturated rings. The molecule has 1 aliphatic rings. The summed E-state index contributed by atoms with van der Waals surface area (Å²) in [6, 6.07) is 14.2. The maximum atomic E-state index is 13.7. The molecule has 0 amide bonds. The van der Waals surface area contributed by atoms with Gasteiger partial charge < -0.3 is 5.32 Å². The third-order valence-corrected chi connectivity index (χ3v) is 3.51. The minimum atomic E-state index is -0.812. The van der Waals surface area contributed by atoms with Crippen LogP contribution in [0.4, 0.5) is 14.5 Å². The Morgan fingerprint density at radius 3 is 2.37 bits per heavy atom. The molecule has 1 aliphatic carbocycles. The molecule has 0 heterocycles. The Balaban J connectivity index is 1.88. The van der Waals surface area contributed by atoms with Crippen molar-refractivity contribution in [3.05, 3.63) is 65.7 Å². The molecule has 1 unspecified atom stereocenters. The minimum Gasteiger partial charge on any atom is -0.376 e. The molecule has 0 aromatic heterocycles. The van der Waals surface area contributed by atoms with Gasteiger partial charge in [0.15, 0.2) is 11.6 Å². The molecule has 0 radical (unpaired) electrons. The third-order valence-electron chi connectivity index (χ3n) is 3.51. The van der Waals surface area contributed by atoms with Crippen molar-refractivity contribution in [1.29, 1.82) is 0 Å². The normalized spacial score (nSPS) is 16.1. The zero-order valence-corrected chi connectivity index (χ0v) is 10.4. The molecule has 2 aromatic carbocycles. The van der Waals surface area contributed by atoms with Gasteiger partial charge in [0.2, 0.25) is 0 Å². The van der Waals surface area contributed by atoms with Crippen LogP contribution in [-0.4, -0.2) is 0 Å². The van der Waals surface area contributed by atoms with Gasteiger partial charge in [-0.05, 0) is 36.5 Å². The van der Waals surface area contributed by atoms with Crippen molar-refractivity contribution in [3.63, 3.8) is 0 Å². The van der Waals surface area contributed by atoms with Gasteiger partial charge in [-0.2, -0.15) is 0 Å². The summed E-state index contributed by atoms with van der Waals surface area (Å²) in [7, 11) is 0. The van der Waals surface area contributed by atoms with Crippen LogP contribution < -0.4 is 5.32 Å². The molecular weight excluding hydrogens is 244 g/mol. The monoisotopic (exact) mass is 259 g/mol. The SMILES string of the molecule is Fc1cccc(NC(c2ccccc2)C2CC2)c1F. The van der Waals surface area contributed by atoms with Gasteiger partial charge in [0.05, 0.1) is 11.7 Å². The number of halogens is 2. The molecule has 2 aromatic rings. The Kier molecular flexibility index (Phi) is 3.20. The van der Waals surface area contributed by atoms with Gasteiger partial charge in [0, 0.05) is 0 Å². The molecule has 1 N–H and O–H groups in total. The fourth-order valence-corrected chi connectivity index (χ4v) is 2.35. The third kappa shape index (κ3) is 2.60. The van der Waals surface area contributed by atoms with Crippen molar-refractivity contribution < 1.29 is 8.78 Å². The van der Waals surface area contributed by atoms with Crippen LogP contribution >= 0.6 is 0 Å². The van der Waals surface area contributed by atoms with Crippen molar-refractivity contribution in [2.45, 2.75) is 18.9 Å². The first-order valence-electron chi connectivity index (χ1n) is 6.51. The average Bonchev–Trinajstić information content (AvgIpc) is 3.26. The minimum absolute atomic E-state index is 0.0532. The molecule has 19 heavy (non-hydrogen) atoms. The lowest BCUT2D eigenvalue weighted by Gasteiger charge is -2.20. The predicted molar refractivity (Wildman–Crippen MR) is 71.9 cm³/mol. The van der Waals surface area contributed by atoms with Crippen LogP contribution in [0.5, 0.6) is 0 Å². The van der Waals surface area contributed by atoms with Crippen molar-refractivity contribution in [2.75, 3.05) is 5.32 Å². The van der Waals surface area contributed by atoms with Crippen molar-refractivity contribution >= 4 is 5.69 Å². The molecular formula is C16H15F2N. The molecule has 1 atom stereocenters. The smallest absolute Gasteiger partial charge is 0.181 e. The second-order valence-electron chi connectivity index (χ2n) is 4.97. The number of hydrogen-bond donors (Lipinski definition) is 1. The summed E-state index contributed by atoms with van der Waals surface area (Å²) in [4.78, 5) is 0. The van der Waals surface area contributed by atoms with Gasteiger partial charge in [-0.25, -0.2) is 8.78 Å². The second kappa shape index (κ2) is 5.00. The van der Waals surface area contributed by atoms with Crippen LogP contribution in [0.25, 0.3) is 0 Å². The molecule has 1 nitrogen and oxygen atoms in total. The van der Waals surface area contributed by atoms with Crippen LogP contribution in [0.15, 0.2) is 48.5 Å². The summed E-state index contributed by atoms with van der Waals surface area (Å²) < 4.78 is 27.0. The summed E-state index contributed by atoms with van der Waals surface area (Å²) in [5, 5.41) is 3.15.